The Labute approximate surface area is 308 Å². The summed E-state index contributed by atoms with van der Waals surface area (Å²) in [7, 11) is -3.59. The van der Waals surface area contributed by atoms with E-state index in [2.05, 4.69) is 126 Å². The van der Waals surface area contributed by atoms with Gasteiger partial charge in [-0.25, -0.2) is 0 Å². The molecule has 0 saturated heterocycles. The summed E-state index contributed by atoms with van der Waals surface area (Å²) >= 11 is 1.50. The molecule has 0 N–H and O–H groups in total. The van der Waals surface area contributed by atoms with Gasteiger partial charge in [-0.15, -0.1) is 0 Å². The molecule has 0 fully saturated rings. The molecule has 5 heteroatoms. The average Bonchev–Trinajstić information content (AvgIpc) is 3.71. The van der Waals surface area contributed by atoms with E-state index in [-0.39, 0.29) is 9.23 Å². The van der Waals surface area contributed by atoms with Crippen LogP contribution in [0, 0.1) is 0 Å². The van der Waals surface area contributed by atoms with Crippen molar-refractivity contribution in [3.8, 4) is 22.3 Å². The maximum atomic E-state index is 7.40. The van der Waals surface area contributed by atoms with E-state index in [1.165, 1.54) is 117 Å². The maximum absolute atomic E-state index is 7.40. The van der Waals surface area contributed by atoms with E-state index in [1.807, 2.05) is 0 Å². The van der Waals surface area contributed by atoms with Crippen LogP contribution in [0.2, 0.25) is 36.3 Å². The molecule has 0 radical (unpaired) electrons. The van der Waals surface area contributed by atoms with Crippen LogP contribution in [0.5, 0.6) is 0 Å². The van der Waals surface area contributed by atoms with E-state index in [0.29, 0.717) is 0 Å². The summed E-state index contributed by atoms with van der Waals surface area (Å²) in [5.74, 6) is 0. The van der Waals surface area contributed by atoms with Gasteiger partial charge in [0.05, 0.1) is 0 Å². The molecule has 0 aliphatic heterocycles. The normalized spacial score (nSPS) is 14.4. The predicted molar refractivity (Wildman–Crippen MR) is 205 cm³/mol. The Bertz CT molecular complexity index is 1610. The Balaban J connectivity index is 1.56. The zero-order chi connectivity index (χ0) is 33.9. The molecule has 2 aliphatic carbocycles. The van der Waals surface area contributed by atoms with Crippen molar-refractivity contribution in [2.75, 3.05) is 6.61 Å². The van der Waals surface area contributed by atoms with Gasteiger partial charge in [0.15, 0.2) is 0 Å². The molecule has 2 aliphatic rings. The third-order valence-electron chi connectivity index (χ3n) is 12.5. The monoisotopic (exact) mass is 749 g/mol. The average molecular weight is 751 g/mol. The van der Waals surface area contributed by atoms with Gasteiger partial charge in [0, 0.05) is 0 Å². The summed E-state index contributed by atoms with van der Waals surface area (Å²) in [5, 5.41) is 0. The number of hydrogen-bond acceptors (Lipinski definition) is 2. The first-order valence-electron chi connectivity index (χ1n) is 18.8. The Morgan fingerprint density at radius 1 is 0.583 bits per heavy atom. The van der Waals surface area contributed by atoms with Gasteiger partial charge in [0.25, 0.3) is 0 Å². The van der Waals surface area contributed by atoms with E-state index in [0.717, 1.165) is 32.3 Å². The molecule has 251 valence electrons. The van der Waals surface area contributed by atoms with E-state index >= 15 is 0 Å². The fourth-order valence-electron chi connectivity index (χ4n) is 9.11. The molecule has 0 heterocycles. The van der Waals surface area contributed by atoms with Crippen LogP contribution in [0.25, 0.3) is 22.3 Å². The summed E-state index contributed by atoms with van der Waals surface area (Å²) in [6.07, 6.45) is 3.98. The number of benzene rings is 4. The first-order valence-corrected chi connectivity index (χ1v) is 25.2. The van der Waals surface area contributed by atoms with Crippen LogP contribution < -0.4 is 0 Å². The Morgan fingerprint density at radius 2 is 1.02 bits per heavy atom. The van der Waals surface area contributed by atoms with Crippen LogP contribution in [-0.4, -0.2) is 27.1 Å². The van der Waals surface area contributed by atoms with Gasteiger partial charge < -0.3 is 0 Å². The summed E-state index contributed by atoms with van der Waals surface area (Å²) in [6, 6.07) is 39.7. The van der Waals surface area contributed by atoms with E-state index in [4.69, 9.17) is 8.85 Å². The molecule has 0 spiro atoms. The summed E-state index contributed by atoms with van der Waals surface area (Å²) in [5.41, 5.74) is 14.4. The van der Waals surface area contributed by atoms with E-state index < -0.39 is 16.6 Å². The molecular formula is C43H55O2Si2Zr. The first kappa shape index (κ1) is 35.9. The molecule has 2 nitrogen and oxygen atoms in total. The third-order valence-corrected chi connectivity index (χ3v) is 23.2. The second-order valence-electron chi connectivity index (χ2n) is 14.3. The number of hydrogen-bond donors (Lipinski definition) is 0. The second-order valence-corrected chi connectivity index (χ2v) is 25.4. The van der Waals surface area contributed by atoms with E-state index in [1.54, 1.807) is 0 Å². The molecule has 1 atom stereocenters. The molecule has 0 amide bonds. The summed E-state index contributed by atoms with van der Waals surface area (Å²) in [6.45, 7) is 15.0. The molecule has 1 unspecified atom stereocenters. The fraction of sp³-hybridized carbons (Fsp3) is 0.442. The molecular weight excluding hydrogens is 696 g/mol. The van der Waals surface area contributed by atoms with Gasteiger partial charge in [0.1, 0.15) is 0 Å². The molecule has 4 aromatic carbocycles. The zero-order valence-electron chi connectivity index (χ0n) is 30.3. The topological polar surface area (TPSA) is 18.5 Å². The van der Waals surface area contributed by atoms with Crippen LogP contribution in [0.15, 0.2) is 84.9 Å². The van der Waals surface area contributed by atoms with Crippen molar-refractivity contribution in [2.24, 2.45) is 0 Å². The van der Waals surface area contributed by atoms with Gasteiger partial charge in [-0.2, -0.15) is 0 Å². The predicted octanol–water partition coefficient (Wildman–Crippen LogP) is 11.8. The quantitative estimate of drug-likeness (QED) is 0.0917. The summed E-state index contributed by atoms with van der Waals surface area (Å²) < 4.78 is 14.8. The molecule has 0 aromatic heterocycles. The van der Waals surface area contributed by atoms with Crippen LogP contribution in [0.3, 0.4) is 0 Å². The first-order chi connectivity index (χ1) is 23.3. The van der Waals surface area contributed by atoms with Crippen molar-refractivity contribution < 1.29 is 33.6 Å². The minimum absolute atomic E-state index is 0.223. The molecule has 0 bridgehead atoms. The van der Waals surface area contributed by atoms with E-state index in [9.17, 15) is 0 Å². The van der Waals surface area contributed by atoms with Crippen LogP contribution >= 0.6 is 0 Å². The standard InChI is InChI=1S/C43H55O2Si2.Zr/c1-7-46(8-2,9-3)44-29-27-43(28-30-45-47(10-4,11-5)12-6,41-25-17-23-37-35-21-15-13-19-33(35)31-39(37)41)42-26-18-24-38-36-22-16-14-20-34(36)32-40(38)42;/h13-26,29H,7-12,27-28,30-32H2,1-6H3;. The Kier molecular flexibility index (Phi) is 11.3. The molecule has 6 rings (SSSR count). The van der Waals surface area contributed by atoms with Crippen molar-refractivity contribution in [3.63, 3.8) is 0 Å². The minimum atomic E-state index is -1.81. The SMILES string of the molecule is CC[Si](CC)(CC)OCCC(C[CH]([Zr])O[Si](CC)(CC)CC)(c1cccc2c1Cc1ccccc1-2)c1cccc2c1Cc1ccccc1-2. The fourth-order valence-corrected chi connectivity index (χ4v) is 17.1. The number of rotatable bonds is 16. The Hall–Kier alpha value is -1.88. The van der Waals surface area contributed by atoms with Crippen molar-refractivity contribution in [1.82, 2.24) is 0 Å². The second kappa shape index (κ2) is 15.2. The molecule has 4 aromatic rings. The van der Waals surface area contributed by atoms with Gasteiger partial charge in [-0.05, 0) is 0 Å². The van der Waals surface area contributed by atoms with Crippen LogP contribution in [0.4, 0.5) is 0 Å². The third kappa shape index (κ3) is 6.52. The van der Waals surface area contributed by atoms with Crippen molar-refractivity contribution >= 4 is 16.6 Å². The van der Waals surface area contributed by atoms with Gasteiger partial charge in [-0.3, -0.25) is 0 Å². The van der Waals surface area contributed by atoms with Crippen LogP contribution in [-0.2, 0) is 51.8 Å². The van der Waals surface area contributed by atoms with Gasteiger partial charge in [0.2, 0.25) is 0 Å². The summed E-state index contributed by atoms with van der Waals surface area (Å²) in [4.78, 5) is 0. The molecule has 48 heavy (non-hydrogen) atoms. The van der Waals surface area contributed by atoms with Crippen molar-refractivity contribution in [3.05, 3.63) is 118 Å². The van der Waals surface area contributed by atoms with Crippen molar-refractivity contribution in [2.45, 2.75) is 113 Å². The van der Waals surface area contributed by atoms with Crippen LogP contribution in [0.1, 0.15) is 87.8 Å². The Morgan fingerprint density at radius 3 is 1.48 bits per heavy atom. The van der Waals surface area contributed by atoms with Gasteiger partial charge >= 0.3 is 310 Å². The number of fused-ring (bicyclic) bond motifs is 6. The molecule has 0 saturated carbocycles. The van der Waals surface area contributed by atoms with Crippen molar-refractivity contribution in [1.29, 1.82) is 0 Å². The zero-order valence-corrected chi connectivity index (χ0v) is 34.7. The van der Waals surface area contributed by atoms with Gasteiger partial charge in [-0.1, -0.05) is 0 Å².